The lowest BCUT2D eigenvalue weighted by atomic mass is 10.0. The number of aryl methyl sites for hydroxylation is 1. The first-order valence-electron chi connectivity index (χ1n) is 8.47. The largest absolute Gasteiger partial charge is 0.448 e. The van der Waals surface area contributed by atoms with Crippen LogP contribution in [0.2, 0.25) is 0 Å². The number of anilines is 1. The number of carbonyl (C=O) groups excluding carboxylic acids is 2. The van der Waals surface area contributed by atoms with E-state index in [1.807, 2.05) is 30.3 Å². The zero-order valence-corrected chi connectivity index (χ0v) is 15.6. The number of carbonyl (C=O) groups is 2. The second-order valence-electron chi connectivity index (χ2n) is 6.35. The summed E-state index contributed by atoms with van der Waals surface area (Å²) >= 11 is 0. The Morgan fingerprint density at radius 3 is 2.44 bits per heavy atom. The summed E-state index contributed by atoms with van der Waals surface area (Å²) in [6.45, 7) is 7.25. The Balaban J connectivity index is 2.03. The van der Waals surface area contributed by atoms with Crippen LogP contribution in [0.25, 0.3) is 6.08 Å². The van der Waals surface area contributed by atoms with Gasteiger partial charge in [-0.15, -0.1) is 0 Å². The maximum absolute atomic E-state index is 12.2. The monoisotopic (exact) mass is 367 g/mol. The first-order valence-corrected chi connectivity index (χ1v) is 8.47. The number of ether oxygens (including phenoxy) is 1. The molecule has 140 valence electrons. The van der Waals surface area contributed by atoms with Gasteiger partial charge in [0.1, 0.15) is 17.4 Å². The van der Waals surface area contributed by atoms with Crippen molar-refractivity contribution in [2.75, 3.05) is 5.32 Å². The highest BCUT2D eigenvalue weighted by Crippen LogP contribution is 2.17. The highest BCUT2D eigenvalue weighted by atomic mass is 16.5. The van der Waals surface area contributed by atoms with Gasteiger partial charge < -0.3 is 14.6 Å². The molecule has 1 N–H and O–H groups in total. The predicted molar refractivity (Wildman–Crippen MR) is 99.5 cm³/mol. The zero-order chi connectivity index (χ0) is 20.0. The van der Waals surface area contributed by atoms with Crippen molar-refractivity contribution in [2.45, 2.75) is 39.7 Å². The van der Waals surface area contributed by atoms with Crippen LogP contribution in [0.3, 0.4) is 0 Å². The summed E-state index contributed by atoms with van der Waals surface area (Å²) in [5.74, 6) is -0.300. The fourth-order valence-electron chi connectivity index (χ4n) is 2.21. The van der Waals surface area contributed by atoms with E-state index < -0.39 is 18.0 Å². The minimum absolute atomic E-state index is 0.191. The second kappa shape index (κ2) is 8.81. The van der Waals surface area contributed by atoms with Gasteiger partial charge in [0.2, 0.25) is 0 Å². The third kappa shape index (κ3) is 5.54. The average Bonchev–Trinajstić information content (AvgIpc) is 3.04. The number of amides is 1. The molecular formula is C20H21N3O4. The Hall–Kier alpha value is -3.40. The normalized spacial score (nSPS) is 12.4. The van der Waals surface area contributed by atoms with E-state index in [0.29, 0.717) is 17.2 Å². The summed E-state index contributed by atoms with van der Waals surface area (Å²) in [5.41, 5.74) is 1.66. The number of nitrogens with one attached hydrogen (secondary N) is 1. The van der Waals surface area contributed by atoms with Crippen molar-refractivity contribution in [1.29, 1.82) is 5.26 Å². The second-order valence-corrected chi connectivity index (χ2v) is 6.35. The lowest BCUT2D eigenvalue weighted by Crippen LogP contribution is -2.30. The topological polar surface area (TPSA) is 105 Å². The predicted octanol–water partition coefficient (Wildman–Crippen LogP) is 3.58. The van der Waals surface area contributed by atoms with Gasteiger partial charge >= 0.3 is 5.97 Å². The van der Waals surface area contributed by atoms with Gasteiger partial charge in [0.15, 0.2) is 11.9 Å². The van der Waals surface area contributed by atoms with Crippen molar-refractivity contribution < 1.29 is 18.8 Å². The van der Waals surface area contributed by atoms with Crippen molar-refractivity contribution in [3.8, 4) is 6.07 Å². The van der Waals surface area contributed by atoms with Gasteiger partial charge in [-0.05, 0) is 37.0 Å². The molecule has 0 aliphatic carbocycles. The van der Waals surface area contributed by atoms with E-state index in [9.17, 15) is 14.9 Å². The van der Waals surface area contributed by atoms with Crippen molar-refractivity contribution in [2.24, 2.45) is 0 Å². The maximum Gasteiger partial charge on any atom is 0.349 e. The SMILES string of the molecule is Cc1cc(NC(=O)[C@@H](C)OC(=O)/C(C#N)=C/c2ccc(C(C)C)cc2)no1. The van der Waals surface area contributed by atoms with Crippen molar-refractivity contribution in [3.63, 3.8) is 0 Å². The van der Waals surface area contributed by atoms with Crippen LogP contribution in [-0.2, 0) is 14.3 Å². The fourth-order valence-corrected chi connectivity index (χ4v) is 2.21. The molecule has 0 aliphatic heterocycles. The molecule has 1 amide bonds. The summed E-state index contributed by atoms with van der Waals surface area (Å²) in [6.07, 6.45) is 0.326. The Morgan fingerprint density at radius 2 is 1.93 bits per heavy atom. The van der Waals surface area contributed by atoms with Gasteiger partial charge in [0, 0.05) is 6.07 Å². The van der Waals surface area contributed by atoms with E-state index in [0.717, 1.165) is 5.56 Å². The molecule has 1 heterocycles. The summed E-state index contributed by atoms with van der Waals surface area (Å²) in [4.78, 5) is 24.3. The van der Waals surface area contributed by atoms with Gasteiger partial charge in [-0.2, -0.15) is 5.26 Å². The molecule has 0 fully saturated rings. The van der Waals surface area contributed by atoms with Crippen LogP contribution in [0.15, 0.2) is 40.4 Å². The van der Waals surface area contributed by atoms with Crippen LogP contribution in [0.4, 0.5) is 5.82 Å². The highest BCUT2D eigenvalue weighted by Gasteiger charge is 2.21. The molecule has 0 aliphatic rings. The molecule has 0 spiro atoms. The molecule has 0 bridgehead atoms. The summed E-state index contributed by atoms with van der Waals surface area (Å²) in [5, 5.41) is 15.3. The standard InChI is InChI=1S/C20H21N3O4/c1-12(2)16-7-5-15(6-8-16)10-17(11-21)20(25)26-14(4)19(24)22-18-9-13(3)27-23-18/h5-10,12,14H,1-4H3,(H,22,23,24)/b17-10+/t14-/m1/s1. The number of hydrogen-bond donors (Lipinski definition) is 1. The van der Waals surface area contributed by atoms with E-state index in [-0.39, 0.29) is 11.4 Å². The number of hydrogen-bond acceptors (Lipinski definition) is 6. The van der Waals surface area contributed by atoms with Gasteiger partial charge in [-0.3, -0.25) is 4.79 Å². The van der Waals surface area contributed by atoms with Crippen LogP contribution in [-0.4, -0.2) is 23.1 Å². The fraction of sp³-hybridized carbons (Fsp3) is 0.300. The lowest BCUT2D eigenvalue weighted by Gasteiger charge is -2.11. The Kier molecular flexibility index (Phi) is 6.50. The number of esters is 1. The van der Waals surface area contributed by atoms with E-state index in [1.54, 1.807) is 6.92 Å². The van der Waals surface area contributed by atoms with Gasteiger partial charge in [-0.25, -0.2) is 4.79 Å². The molecule has 0 unspecified atom stereocenters. The van der Waals surface area contributed by atoms with Crippen LogP contribution in [0, 0.1) is 18.3 Å². The minimum Gasteiger partial charge on any atom is -0.448 e. The maximum atomic E-state index is 12.2. The molecule has 2 aromatic rings. The van der Waals surface area contributed by atoms with Crippen LogP contribution in [0.1, 0.15) is 43.6 Å². The Labute approximate surface area is 157 Å². The number of benzene rings is 1. The first-order chi connectivity index (χ1) is 12.8. The number of rotatable bonds is 6. The Bertz CT molecular complexity index is 889. The van der Waals surface area contributed by atoms with Crippen LogP contribution >= 0.6 is 0 Å². The molecule has 0 saturated carbocycles. The third-order valence-corrected chi connectivity index (χ3v) is 3.79. The van der Waals surface area contributed by atoms with Crippen molar-refractivity contribution >= 4 is 23.8 Å². The minimum atomic E-state index is -1.10. The van der Waals surface area contributed by atoms with E-state index in [1.165, 1.54) is 19.1 Å². The molecule has 7 heteroatoms. The van der Waals surface area contributed by atoms with E-state index >= 15 is 0 Å². The molecule has 27 heavy (non-hydrogen) atoms. The number of nitriles is 1. The number of nitrogens with zero attached hydrogens (tertiary/aromatic N) is 2. The molecule has 2 rings (SSSR count). The molecular weight excluding hydrogens is 346 g/mol. The molecule has 0 radical (unpaired) electrons. The van der Waals surface area contributed by atoms with E-state index in [2.05, 4.69) is 24.3 Å². The Morgan fingerprint density at radius 1 is 1.26 bits per heavy atom. The first kappa shape index (κ1) is 19.9. The quantitative estimate of drug-likeness (QED) is 0.475. The molecule has 7 nitrogen and oxygen atoms in total. The molecule has 1 atom stereocenters. The number of aromatic nitrogens is 1. The van der Waals surface area contributed by atoms with Crippen molar-refractivity contribution in [3.05, 3.63) is 52.8 Å². The molecule has 1 aromatic heterocycles. The summed E-state index contributed by atoms with van der Waals surface area (Å²) in [6, 6.07) is 10.9. The highest BCUT2D eigenvalue weighted by molar-refractivity contribution is 6.00. The summed E-state index contributed by atoms with van der Waals surface area (Å²) < 4.78 is 9.92. The third-order valence-electron chi connectivity index (χ3n) is 3.79. The smallest absolute Gasteiger partial charge is 0.349 e. The van der Waals surface area contributed by atoms with Gasteiger partial charge in [0.25, 0.3) is 5.91 Å². The summed E-state index contributed by atoms with van der Waals surface area (Å²) in [7, 11) is 0. The van der Waals surface area contributed by atoms with Crippen LogP contribution < -0.4 is 5.32 Å². The van der Waals surface area contributed by atoms with Gasteiger partial charge in [0.05, 0.1) is 0 Å². The van der Waals surface area contributed by atoms with Crippen LogP contribution in [0.5, 0.6) is 0 Å². The van der Waals surface area contributed by atoms with Crippen molar-refractivity contribution in [1.82, 2.24) is 5.16 Å². The average molecular weight is 367 g/mol. The van der Waals surface area contributed by atoms with E-state index in [4.69, 9.17) is 9.26 Å². The lowest BCUT2D eigenvalue weighted by molar-refractivity contribution is -0.148. The molecule has 1 aromatic carbocycles. The molecule has 0 saturated heterocycles. The van der Waals surface area contributed by atoms with Gasteiger partial charge in [-0.1, -0.05) is 43.3 Å². The zero-order valence-electron chi connectivity index (χ0n) is 15.6.